The van der Waals surface area contributed by atoms with Gasteiger partial charge in [-0.05, 0) is 25.3 Å². The SMILES string of the molecule is CCn1cnnc1CNC(=O)N1C[C@H]2CCCC[C@]21c1ccccc1. The van der Waals surface area contributed by atoms with E-state index >= 15 is 0 Å². The van der Waals surface area contributed by atoms with Gasteiger partial charge in [0.15, 0.2) is 5.82 Å². The van der Waals surface area contributed by atoms with Crippen LogP contribution in [0.5, 0.6) is 0 Å². The minimum atomic E-state index is -0.123. The second kappa shape index (κ2) is 6.50. The number of aryl methyl sites for hydroxylation is 1. The second-order valence-electron chi connectivity index (χ2n) is 7.04. The average molecular weight is 339 g/mol. The molecule has 6 nitrogen and oxygen atoms in total. The largest absolute Gasteiger partial charge is 0.331 e. The highest BCUT2D eigenvalue weighted by molar-refractivity contribution is 5.77. The summed E-state index contributed by atoms with van der Waals surface area (Å²) in [4.78, 5) is 15.0. The minimum Gasteiger partial charge on any atom is -0.331 e. The highest BCUT2D eigenvalue weighted by Gasteiger charge is 2.56. The molecular formula is C19H25N5O. The van der Waals surface area contributed by atoms with E-state index in [4.69, 9.17) is 0 Å². The number of benzene rings is 1. The molecule has 1 aliphatic carbocycles. The maximum Gasteiger partial charge on any atom is 0.318 e. The zero-order chi connectivity index (χ0) is 17.3. The molecule has 2 atom stereocenters. The number of rotatable bonds is 4. The van der Waals surface area contributed by atoms with Gasteiger partial charge in [-0.25, -0.2) is 4.79 Å². The van der Waals surface area contributed by atoms with E-state index in [0.717, 1.165) is 25.3 Å². The third kappa shape index (κ3) is 2.60. The van der Waals surface area contributed by atoms with Crippen molar-refractivity contribution < 1.29 is 4.79 Å². The molecule has 2 fully saturated rings. The van der Waals surface area contributed by atoms with E-state index in [1.54, 1.807) is 6.33 Å². The molecule has 1 N–H and O–H groups in total. The third-order valence-corrected chi connectivity index (χ3v) is 5.87. The predicted molar refractivity (Wildman–Crippen MR) is 94.7 cm³/mol. The van der Waals surface area contributed by atoms with Crippen molar-refractivity contribution in [3.8, 4) is 0 Å². The van der Waals surface area contributed by atoms with Gasteiger partial charge in [-0.1, -0.05) is 43.2 Å². The molecule has 25 heavy (non-hydrogen) atoms. The minimum absolute atomic E-state index is 0.00709. The monoisotopic (exact) mass is 339 g/mol. The lowest BCUT2D eigenvalue weighted by Gasteiger charge is -2.61. The van der Waals surface area contributed by atoms with E-state index in [1.165, 1.54) is 24.8 Å². The molecule has 6 heteroatoms. The van der Waals surface area contributed by atoms with Crippen molar-refractivity contribution in [1.82, 2.24) is 25.0 Å². The maximum absolute atomic E-state index is 12.9. The van der Waals surface area contributed by atoms with Crippen LogP contribution in [-0.4, -0.2) is 32.2 Å². The summed E-state index contributed by atoms with van der Waals surface area (Å²) in [6.07, 6.45) is 6.42. The normalized spacial score (nSPS) is 25.2. The van der Waals surface area contributed by atoms with Gasteiger partial charge in [0.1, 0.15) is 6.33 Å². The first-order chi connectivity index (χ1) is 12.3. The van der Waals surface area contributed by atoms with Gasteiger partial charge in [-0.3, -0.25) is 0 Å². The van der Waals surface area contributed by atoms with E-state index in [-0.39, 0.29) is 11.6 Å². The van der Waals surface area contributed by atoms with Crippen LogP contribution < -0.4 is 5.32 Å². The predicted octanol–water partition coefficient (Wildman–Crippen LogP) is 2.91. The number of amides is 2. The summed E-state index contributed by atoms with van der Waals surface area (Å²) in [5, 5.41) is 11.1. The highest BCUT2D eigenvalue weighted by Crippen LogP contribution is 2.53. The molecule has 132 valence electrons. The molecule has 0 unspecified atom stereocenters. The number of carbonyl (C=O) groups excluding carboxylic acids is 1. The number of aromatic nitrogens is 3. The van der Waals surface area contributed by atoms with Crippen LogP contribution in [0, 0.1) is 5.92 Å². The smallest absolute Gasteiger partial charge is 0.318 e. The van der Waals surface area contributed by atoms with Crippen LogP contribution >= 0.6 is 0 Å². The number of hydrogen-bond donors (Lipinski definition) is 1. The lowest BCUT2D eigenvalue weighted by molar-refractivity contribution is -0.0794. The fourth-order valence-corrected chi connectivity index (χ4v) is 4.55. The van der Waals surface area contributed by atoms with Crippen LogP contribution in [0.3, 0.4) is 0 Å². The van der Waals surface area contributed by atoms with Gasteiger partial charge in [-0.15, -0.1) is 10.2 Å². The van der Waals surface area contributed by atoms with Gasteiger partial charge in [0, 0.05) is 19.0 Å². The number of nitrogens with one attached hydrogen (secondary N) is 1. The van der Waals surface area contributed by atoms with E-state index in [9.17, 15) is 4.79 Å². The number of nitrogens with zero attached hydrogens (tertiary/aromatic N) is 4. The first-order valence-corrected chi connectivity index (χ1v) is 9.23. The molecule has 1 aromatic carbocycles. The van der Waals surface area contributed by atoms with E-state index in [2.05, 4.69) is 39.8 Å². The Kier molecular flexibility index (Phi) is 4.19. The van der Waals surface area contributed by atoms with Gasteiger partial charge in [0.05, 0.1) is 12.1 Å². The standard InChI is InChI=1S/C19H25N5O/c1-2-23-14-21-22-17(23)12-20-18(25)24-13-16-10-6-7-11-19(16,24)15-8-4-3-5-9-15/h3-5,8-9,14,16H,2,6-7,10-13H2,1H3,(H,20,25)/t16-,19+/m1/s1. The molecule has 0 radical (unpaired) electrons. The summed E-state index contributed by atoms with van der Waals surface area (Å²) in [5.74, 6) is 1.37. The van der Waals surface area contributed by atoms with Crippen LogP contribution in [0.4, 0.5) is 4.79 Å². The average Bonchev–Trinajstić information content (AvgIpc) is 3.09. The molecular weight excluding hydrogens is 314 g/mol. The summed E-state index contributed by atoms with van der Waals surface area (Å²) < 4.78 is 1.95. The van der Waals surface area contributed by atoms with Crippen LogP contribution in [0.15, 0.2) is 36.7 Å². The number of urea groups is 1. The topological polar surface area (TPSA) is 63.1 Å². The number of likely N-dealkylation sites (tertiary alicyclic amines) is 1. The van der Waals surface area contributed by atoms with E-state index in [1.807, 2.05) is 22.5 Å². The molecule has 1 aliphatic heterocycles. The van der Waals surface area contributed by atoms with Crippen molar-refractivity contribution in [3.05, 3.63) is 48.0 Å². The number of fused-ring (bicyclic) bond motifs is 1. The summed E-state index contributed by atoms with van der Waals surface area (Å²) in [5.41, 5.74) is 1.15. The van der Waals surface area contributed by atoms with Crippen molar-refractivity contribution in [2.45, 2.75) is 51.2 Å². The fraction of sp³-hybridized carbons (Fsp3) is 0.526. The van der Waals surface area contributed by atoms with Crippen molar-refractivity contribution in [2.24, 2.45) is 5.92 Å². The Hall–Kier alpha value is -2.37. The molecule has 1 saturated heterocycles. The highest BCUT2D eigenvalue weighted by atomic mass is 16.2. The van der Waals surface area contributed by atoms with Crippen molar-refractivity contribution in [1.29, 1.82) is 0 Å². The van der Waals surface area contributed by atoms with E-state index in [0.29, 0.717) is 12.5 Å². The quantitative estimate of drug-likeness (QED) is 0.931. The van der Waals surface area contributed by atoms with Gasteiger partial charge < -0.3 is 14.8 Å². The zero-order valence-corrected chi connectivity index (χ0v) is 14.7. The summed E-state index contributed by atoms with van der Waals surface area (Å²) >= 11 is 0. The van der Waals surface area contributed by atoms with Crippen molar-refractivity contribution in [2.75, 3.05) is 6.54 Å². The summed E-state index contributed by atoms with van der Waals surface area (Å²) in [6.45, 7) is 4.11. The molecule has 0 spiro atoms. The third-order valence-electron chi connectivity index (χ3n) is 5.87. The van der Waals surface area contributed by atoms with Crippen LogP contribution in [0.2, 0.25) is 0 Å². The fourth-order valence-electron chi connectivity index (χ4n) is 4.55. The molecule has 2 aromatic rings. The van der Waals surface area contributed by atoms with Gasteiger partial charge >= 0.3 is 6.03 Å². The van der Waals surface area contributed by atoms with Crippen molar-refractivity contribution in [3.63, 3.8) is 0 Å². The molecule has 2 aliphatic rings. The molecule has 0 bridgehead atoms. The van der Waals surface area contributed by atoms with Crippen LogP contribution in [-0.2, 0) is 18.6 Å². The zero-order valence-electron chi connectivity index (χ0n) is 14.7. The Labute approximate surface area is 148 Å². The maximum atomic E-state index is 12.9. The van der Waals surface area contributed by atoms with Crippen LogP contribution in [0.25, 0.3) is 0 Å². The molecule has 2 heterocycles. The first kappa shape index (κ1) is 16.1. The Bertz CT molecular complexity index is 743. The Morgan fingerprint density at radius 1 is 1.32 bits per heavy atom. The molecule has 2 amide bonds. The second-order valence-corrected chi connectivity index (χ2v) is 7.04. The summed E-state index contributed by atoms with van der Waals surface area (Å²) in [6, 6.07) is 10.5. The first-order valence-electron chi connectivity index (χ1n) is 9.23. The molecule has 4 rings (SSSR count). The Morgan fingerprint density at radius 2 is 2.16 bits per heavy atom. The number of carbonyl (C=O) groups is 1. The van der Waals surface area contributed by atoms with Gasteiger partial charge in [0.25, 0.3) is 0 Å². The molecule has 1 saturated carbocycles. The molecule has 1 aromatic heterocycles. The Morgan fingerprint density at radius 3 is 2.92 bits per heavy atom. The van der Waals surface area contributed by atoms with Crippen molar-refractivity contribution >= 4 is 6.03 Å². The Balaban J connectivity index is 1.52. The summed E-state index contributed by atoms with van der Waals surface area (Å²) in [7, 11) is 0. The van der Waals surface area contributed by atoms with Crippen LogP contribution in [0.1, 0.15) is 44.0 Å². The van der Waals surface area contributed by atoms with Gasteiger partial charge in [-0.2, -0.15) is 0 Å². The van der Waals surface area contributed by atoms with Gasteiger partial charge in [0.2, 0.25) is 0 Å². The lowest BCUT2D eigenvalue weighted by Crippen LogP contribution is -2.69. The van der Waals surface area contributed by atoms with E-state index < -0.39 is 0 Å². The lowest BCUT2D eigenvalue weighted by atomic mass is 9.62. The number of hydrogen-bond acceptors (Lipinski definition) is 3.